The molecule has 1 aliphatic rings. The van der Waals surface area contributed by atoms with Gasteiger partial charge in [-0.3, -0.25) is 0 Å². The van der Waals surface area contributed by atoms with Gasteiger partial charge in [-0.15, -0.1) is 0 Å². The van der Waals surface area contributed by atoms with Crippen LogP contribution in [0.15, 0.2) is 60.7 Å². The Bertz CT molecular complexity index is 748. The van der Waals surface area contributed by atoms with E-state index in [1.54, 1.807) is 36.4 Å². The van der Waals surface area contributed by atoms with Gasteiger partial charge in [0.15, 0.2) is 0 Å². The summed E-state index contributed by atoms with van der Waals surface area (Å²) in [7, 11) is -5.16. The van der Waals surface area contributed by atoms with Crippen LogP contribution in [0.25, 0.3) is 0 Å². The number of benzene rings is 2. The SMILES string of the molecule is CN1C(c2ccccc2)=[N+](C)[P-]1(F)(F)(F)c1ccccc1. The fourth-order valence-corrected chi connectivity index (χ4v) is 5.84. The molecule has 3 rings (SSSR count). The van der Waals surface area contributed by atoms with Crippen molar-refractivity contribution in [3.63, 3.8) is 0 Å². The normalized spacial score (nSPS) is 25.1. The van der Waals surface area contributed by atoms with E-state index >= 15 is 12.6 Å². The molecule has 6 heteroatoms. The van der Waals surface area contributed by atoms with Crippen LogP contribution < -0.4 is 5.30 Å². The van der Waals surface area contributed by atoms with Crippen LogP contribution in [0.3, 0.4) is 0 Å². The molecule has 2 aromatic rings. The molecule has 1 heterocycles. The quantitative estimate of drug-likeness (QED) is 0.762. The van der Waals surface area contributed by atoms with Crippen LogP contribution in [0.2, 0.25) is 0 Å². The maximum atomic E-state index is 15.4. The fourth-order valence-electron chi connectivity index (χ4n) is 2.80. The summed E-state index contributed by atoms with van der Waals surface area (Å²) in [6, 6.07) is 15.4. The Morgan fingerprint density at radius 1 is 0.857 bits per heavy atom. The molecule has 0 bridgehead atoms. The van der Waals surface area contributed by atoms with E-state index in [1.807, 2.05) is 0 Å². The van der Waals surface area contributed by atoms with Crippen molar-refractivity contribution in [1.82, 2.24) is 4.67 Å². The van der Waals surface area contributed by atoms with Crippen molar-refractivity contribution < 1.29 is 16.9 Å². The summed E-state index contributed by atoms with van der Waals surface area (Å²) in [5.41, 5.74) is 0.563. The molecule has 112 valence electrons. The van der Waals surface area contributed by atoms with Crippen LogP contribution in [0.5, 0.6) is 0 Å². The Morgan fingerprint density at radius 2 is 1.33 bits per heavy atom. The van der Waals surface area contributed by atoms with Crippen LogP contribution in [0.4, 0.5) is 12.6 Å². The zero-order valence-corrected chi connectivity index (χ0v) is 12.6. The Balaban J connectivity index is 2.28. The van der Waals surface area contributed by atoms with Crippen LogP contribution >= 0.6 is 7.18 Å². The zero-order valence-electron chi connectivity index (χ0n) is 11.7. The van der Waals surface area contributed by atoms with Gasteiger partial charge in [0.2, 0.25) is 0 Å². The van der Waals surface area contributed by atoms with Gasteiger partial charge in [-0.1, -0.05) is 0 Å². The molecule has 2 aromatic carbocycles. The predicted octanol–water partition coefficient (Wildman–Crippen LogP) is 3.92. The molecule has 0 saturated heterocycles. The van der Waals surface area contributed by atoms with E-state index in [0.717, 1.165) is 26.2 Å². The van der Waals surface area contributed by atoms with Crippen molar-refractivity contribution in [2.45, 2.75) is 0 Å². The molecule has 0 aromatic heterocycles. The number of halogens is 3. The Kier molecular flexibility index (Phi) is 2.45. The van der Waals surface area contributed by atoms with E-state index in [2.05, 4.69) is 0 Å². The van der Waals surface area contributed by atoms with Gasteiger partial charge in [0.1, 0.15) is 0 Å². The van der Waals surface area contributed by atoms with Gasteiger partial charge in [-0.2, -0.15) is 0 Å². The molecule has 0 saturated carbocycles. The monoisotopic (exact) mass is 312 g/mol. The Morgan fingerprint density at radius 3 is 1.81 bits per heavy atom. The zero-order chi connectivity index (χ0) is 15.4. The van der Waals surface area contributed by atoms with E-state index in [9.17, 15) is 0 Å². The van der Waals surface area contributed by atoms with Gasteiger partial charge in [-0.25, -0.2) is 0 Å². The summed E-state index contributed by atoms with van der Waals surface area (Å²) in [6.07, 6.45) is 0. The summed E-state index contributed by atoms with van der Waals surface area (Å²) < 4.78 is 47.2. The van der Waals surface area contributed by atoms with Crippen LogP contribution in [0, 0.1) is 0 Å². The number of nitrogens with zero attached hydrogens (tertiary/aromatic N) is 2. The third kappa shape index (κ3) is 1.50. The molecule has 2 nitrogen and oxygen atoms in total. The number of amidine groups is 1. The first kappa shape index (κ1) is 14.1. The summed E-state index contributed by atoms with van der Waals surface area (Å²) >= 11 is 0. The second-order valence-corrected chi connectivity index (χ2v) is 9.35. The van der Waals surface area contributed by atoms with Crippen molar-refractivity contribution in [3.8, 4) is 0 Å². The first-order valence-electron chi connectivity index (χ1n) is 6.54. The number of hydrogen-bond acceptors (Lipinski definition) is 1. The standard InChI is InChI=1S/C15H16F3N2P/c1-19-15(13-9-5-3-6-10-13)20(2)21(19,16,17,18)14-11-7-4-8-12-14/h3-12H,1-2H3. The minimum atomic E-state index is -7.39. The molecule has 21 heavy (non-hydrogen) atoms. The van der Waals surface area contributed by atoms with Crippen LogP contribution in [-0.4, -0.2) is 28.9 Å². The minimum absolute atomic E-state index is 0.183. The number of rotatable bonds is 2. The summed E-state index contributed by atoms with van der Waals surface area (Å²) in [5.74, 6) is 0.183. The van der Waals surface area contributed by atoms with Gasteiger partial charge in [-0.05, 0) is 0 Å². The molecule has 0 atom stereocenters. The van der Waals surface area contributed by atoms with E-state index in [-0.39, 0.29) is 5.84 Å². The van der Waals surface area contributed by atoms with Crippen LogP contribution in [0.1, 0.15) is 5.56 Å². The maximum absolute atomic E-state index is 15.4. The third-order valence-corrected chi connectivity index (χ3v) is 8.40. The third-order valence-electron chi connectivity index (χ3n) is 4.17. The van der Waals surface area contributed by atoms with Crippen molar-refractivity contribution in [2.24, 2.45) is 0 Å². The number of hydrogen-bond donors (Lipinski definition) is 0. The van der Waals surface area contributed by atoms with Crippen molar-refractivity contribution >= 4 is 18.3 Å². The fraction of sp³-hybridized carbons (Fsp3) is 0.133. The van der Waals surface area contributed by atoms with E-state index in [0.29, 0.717) is 14.6 Å². The van der Waals surface area contributed by atoms with E-state index in [4.69, 9.17) is 0 Å². The second kappa shape index (κ2) is 3.66. The molecular formula is C15H16F3N2P. The molecule has 1 aliphatic heterocycles. The van der Waals surface area contributed by atoms with Crippen molar-refractivity contribution in [3.05, 3.63) is 66.2 Å². The molecule has 0 N–H and O–H groups in total. The average Bonchev–Trinajstić information content (AvgIpc) is 2.49. The first-order valence-corrected chi connectivity index (χ1v) is 8.81. The van der Waals surface area contributed by atoms with Gasteiger partial charge in [0, 0.05) is 0 Å². The molecule has 0 spiro atoms. The topological polar surface area (TPSA) is 6.25 Å². The van der Waals surface area contributed by atoms with Crippen molar-refractivity contribution in [1.29, 1.82) is 0 Å². The molecule has 0 unspecified atom stereocenters. The molecule has 0 radical (unpaired) electrons. The van der Waals surface area contributed by atoms with Gasteiger partial charge >= 0.3 is 120 Å². The summed E-state index contributed by atoms with van der Waals surface area (Å²) in [4.78, 5) is 0. The van der Waals surface area contributed by atoms with Gasteiger partial charge < -0.3 is 0 Å². The van der Waals surface area contributed by atoms with E-state index in [1.165, 1.54) is 12.1 Å². The molecule has 0 aliphatic carbocycles. The van der Waals surface area contributed by atoms with E-state index < -0.39 is 12.5 Å². The summed E-state index contributed by atoms with van der Waals surface area (Å²) in [5, 5.41) is -0.577. The average molecular weight is 312 g/mol. The second-order valence-electron chi connectivity index (χ2n) is 5.26. The van der Waals surface area contributed by atoms with Gasteiger partial charge in [0.05, 0.1) is 0 Å². The first-order chi connectivity index (χ1) is 9.72. The predicted molar refractivity (Wildman–Crippen MR) is 80.8 cm³/mol. The van der Waals surface area contributed by atoms with Gasteiger partial charge in [0.25, 0.3) is 0 Å². The Hall–Kier alpha value is -1.87. The summed E-state index contributed by atoms with van der Waals surface area (Å²) in [6.45, 7) is 0. The Labute approximate surface area is 121 Å². The van der Waals surface area contributed by atoms with Crippen LogP contribution in [-0.2, 0) is 0 Å². The molecule has 0 fully saturated rings. The van der Waals surface area contributed by atoms with Crippen molar-refractivity contribution in [2.75, 3.05) is 14.1 Å². The molecule has 0 amide bonds. The molecular weight excluding hydrogens is 296 g/mol.